The average Bonchev–Trinajstić information content (AvgIpc) is 3.38. The number of pyridine rings is 1. The van der Waals surface area contributed by atoms with Crippen molar-refractivity contribution in [2.24, 2.45) is 5.92 Å². The number of fused-ring (bicyclic) bond motifs is 1. The minimum absolute atomic E-state index is 0.323. The number of aromatic nitrogens is 2. The van der Waals surface area contributed by atoms with Crippen LogP contribution < -0.4 is 10.1 Å². The van der Waals surface area contributed by atoms with E-state index in [0.29, 0.717) is 11.5 Å². The van der Waals surface area contributed by atoms with Gasteiger partial charge in [0.25, 0.3) is 0 Å². The minimum Gasteiger partial charge on any atom is -0.497 e. The molecule has 0 spiro atoms. The Kier molecular flexibility index (Phi) is 6.31. The molecular weight excluding hydrogens is 438 g/mol. The number of nitrogens with one attached hydrogen (secondary N) is 2. The first-order chi connectivity index (χ1) is 17.1. The molecule has 5 rings (SSSR count). The van der Waals surface area contributed by atoms with Crippen molar-refractivity contribution in [3.8, 4) is 16.9 Å². The van der Waals surface area contributed by atoms with Gasteiger partial charge in [0.15, 0.2) is 0 Å². The largest absolute Gasteiger partial charge is 0.497 e. The van der Waals surface area contributed by atoms with E-state index in [1.807, 2.05) is 48.8 Å². The van der Waals surface area contributed by atoms with Crippen molar-refractivity contribution in [1.82, 2.24) is 15.3 Å². The van der Waals surface area contributed by atoms with Gasteiger partial charge in [-0.1, -0.05) is 25.1 Å². The zero-order valence-electron chi connectivity index (χ0n) is 20.4. The van der Waals surface area contributed by atoms with Crippen LogP contribution in [0.4, 0.5) is 0 Å². The predicted molar refractivity (Wildman–Crippen MR) is 138 cm³/mol. The van der Waals surface area contributed by atoms with E-state index in [9.17, 15) is 4.79 Å². The first-order valence-electron chi connectivity index (χ1n) is 12.1. The quantitative estimate of drug-likeness (QED) is 0.373. The number of carbonyl (C=O) groups excluding carboxylic acids is 1. The Bertz CT molecular complexity index is 1360. The lowest BCUT2D eigenvalue weighted by atomic mass is 9.65. The van der Waals surface area contributed by atoms with Crippen LogP contribution in [-0.4, -0.2) is 43.2 Å². The van der Waals surface area contributed by atoms with Crippen LogP contribution in [0.5, 0.6) is 5.75 Å². The van der Waals surface area contributed by atoms with E-state index in [4.69, 9.17) is 9.47 Å². The molecule has 1 aliphatic heterocycles. The first-order valence-corrected chi connectivity index (χ1v) is 12.1. The predicted octanol–water partition coefficient (Wildman–Crippen LogP) is 5.33. The number of hydrogen-bond acceptors (Lipinski definition) is 5. The summed E-state index contributed by atoms with van der Waals surface area (Å²) in [7, 11) is 3.11. The summed E-state index contributed by atoms with van der Waals surface area (Å²) in [5.41, 5.74) is 5.40. The molecule has 35 heavy (non-hydrogen) atoms. The van der Waals surface area contributed by atoms with Crippen LogP contribution in [0.25, 0.3) is 22.0 Å². The third kappa shape index (κ3) is 4.08. The minimum atomic E-state index is -0.391. The Balaban J connectivity index is 1.72. The van der Waals surface area contributed by atoms with Gasteiger partial charge >= 0.3 is 5.97 Å². The number of rotatable bonds is 6. The molecule has 4 aromatic rings. The summed E-state index contributed by atoms with van der Waals surface area (Å²) < 4.78 is 10.6. The van der Waals surface area contributed by atoms with E-state index in [0.717, 1.165) is 64.8 Å². The molecule has 6 nitrogen and oxygen atoms in total. The van der Waals surface area contributed by atoms with Crippen molar-refractivity contribution < 1.29 is 14.3 Å². The van der Waals surface area contributed by atoms with Gasteiger partial charge in [-0.15, -0.1) is 0 Å². The van der Waals surface area contributed by atoms with Gasteiger partial charge in [0.2, 0.25) is 0 Å². The highest BCUT2D eigenvalue weighted by atomic mass is 16.5. The molecule has 2 unspecified atom stereocenters. The third-order valence-electron chi connectivity index (χ3n) is 7.52. The van der Waals surface area contributed by atoms with E-state index in [2.05, 4.69) is 40.5 Å². The lowest BCUT2D eigenvalue weighted by Gasteiger charge is -2.41. The van der Waals surface area contributed by atoms with Gasteiger partial charge in [-0.3, -0.25) is 4.98 Å². The van der Waals surface area contributed by atoms with Gasteiger partial charge in [-0.05, 0) is 78.9 Å². The highest BCUT2D eigenvalue weighted by Gasteiger charge is 2.41. The molecular formula is C29H31N3O3. The number of esters is 1. The fourth-order valence-corrected chi connectivity index (χ4v) is 5.51. The second kappa shape index (κ2) is 9.55. The van der Waals surface area contributed by atoms with Crippen LogP contribution in [0.2, 0.25) is 0 Å². The molecule has 6 heteroatoms. The molecule has 1 aliphatic rings. The zero-order valence-corrected chi connectivity index (χ0v) is 20.4. The van der Waals surface area contributed by atoms with E-state index in [1.165, 1.54) is 7.11 Å². The number of hydrogen-bond donors (Lipinski definition) is 2. The molecule has 2 aromatic heterocycles. The first kappa shape index (κ1) is 23.1. The van der Waals surface area contributed by atoms with Gasteiger partial charge in [-0.2, -0.15) is 0 Å². The van der Waals surface area contributed by atoms with Gasteiger partial charge in [-0.25, -0.2) is 4.79 Å². The van der Waals surface area contributed by atoms with Gasteiger partial charge < -0.3 is 19.8 Å². The summed E-state index contributed by atoms with van der Waals surface area (Å²) in [6.45, 7) is 4.20. The van der Waals surface area contributed by atoms with E-state index in [-0.39, 0.29) is 5.97 Å². The number of H-pyrrole nitrogens is 1. The highest BCUT2D eigenvalue weighted by Crippen LogP contribution is 2.46. The Labute approximate surface area is 205 Å². The van der Waals surface area contributed by atoms with Crippen LogP contribution in [-0.2, 0) is 10.2 Å². The summed E-state index contributed by atoms with van der Waals surface area (Å²) in [4.78, 5) is 20.8. The Morgan fingerprint density at radius 1 is 1.09 bits per heavy atom. The molecule has 3 heterocycles. The maximum atomic E-state index is 12.7. The third-order valence-corrected chi connectivity index (χ3v) is 7.52. The van der Waals surface area contributed by atoms with Crippen LogP contribution >= 0.6 is 0 Å². The standard InChI is InChI=1S/C29H31N3O3/c1-29(21-8-6-12-30-16-21,25-18-32-26-11-5-10-24(27(25)26)28(33)35-3)22-13-20(15-31-17-22)19-7-4-9-23(14-19)34-2/h4-5,7,9-11,13-15,17-18,21,30,32H,6,8,12,16H2,1-3H3. The summed E-state index contributed by atoms with van der Waals surface area (Å²) in [6, 6.07) is 16.0. The number of carbonyl (C=O) groups is 1. The molecule has 0 saturated carbocycles. The topological polar surface area (TPSA) is 76.2 Å². The summed E-state index contributed by atoms with van der Waals surface area (Å²) in [5.74, 6) is 0.804. The fraction of sp³-hybridized carbons (Fsp3) is 0.310. The average molecular weight is 470 g/mol. The van der Waals surface area contributed by atoms with Gasteiger partial charge in [0, 0.05) is 40.5 Å². The highest BCUT2D eigenvalue weighted by molar-refractivity contribution is 6.05. The summed E-state index contributed by atoms with van der Waals surface area (Å²) >= 11 is 0. The van der Waals surface area contributed by atoms with E-state index < -0.39 is 5.41 Å². The summed E-state index contributed by atoms with van der Waals surface area (Å²) in [5, 5.41) is 4.51. The number of benzene rings is 2. The van der Waals surface area contributed by atoms with Crippen LogP contribution in [0.3, 0.4) is 0 Å². The van der Waals surface area contributed by atoms with E-state index >= 15 is 0 Å². The SMILES string of the molecule is COC(=O)c1cccc2[nH]cc(C(C)(c3cncc(-c4cccc(OC)c4)c3)C3CCCNC3)c12. The number of methoxy groups -OCH3 is 2. The second-order valence-electron chi connectivity index (χ2n) is 9.36. The van der Waals surface area contributed by atoms with Crippen molar-refractivity contribution in [3.63, 3.8) is 0 Å². The molecule has 0 amide bonds. The summed E-state index contributed by atoms with van der Waals surface area (Å²) in [6.07, 6.45) is 8.12. The second-order valence-corrected chi connectivity index (χ2v) is 9.36. The number of aromatic amines is 1. The van der Waals surface area contributed by atoms with Crippen molar-refractivity contribution in [2.45, 2.75) is 25.2 Å². The van der Waals surface area contributed by atoms with Crippen molar-refractivity contribution in [3.05, 3.63) is 83.8 Å². The normalized spacial score (nSPS) is 17.6. The molecule has 0 radical (unpaired) electrons. The maximum absolute atomic E-state index is 12.7. The van der Waals surface area contributed by atoms with Crippen LogP contribution in [0, 0.1) is 5.92 Å². The van der Waals surface area contributed by atoms with E-state index in [1.54, 1.807) is 7.11 Å². The monoisotopic (exact) mass is 469 g/mol. The van der Waals surface area contributed by atoms with Gasteiger partial charge in [0.05, 0.1) is 19.8 Å². The van der Waals surface area contributed by atoms with Crippen molar-refractivity contribution >= 4 is 16.9 Å². The number of nitrogens with zero attached hydrogens (tertiary/aromatic N) is 1. The zero-order chi connectivity index (χ0) is 24.4. The number of piperidine rings is 1. The molecule has 2 aromatic carbocycles. The number of ether oxygens (including phenoxy) is 2. The van der Waals surface area contributed by atoms with Crippen molar-refractivity contribution in [1.29, 1.82) is 0 Å². The molecule has 2 N–H and O–H groups in total. The van der Waals surface area contributed by atoms with Crippen LogP contribution in [0.1, 0.15) is 41.3 Å². The smallest absolute Gasteiger partial charge is 0.338 e. The fourth-order valence-electron chi connectivity index (χ4n) is 5.51. The van der Waals surface area contributed by atoms with Crippen molar-refractivity contribution in [2.75, 3.05) is 27.3 Å². The van der Waals surface area contributed by atoms with Gasteiger partial charge in [0.1, 0.15) is 5.75 Å². The lowest BCUT2D eigenvalue weighted by Crippen LogP contribution is -2.43. The Morgan fingerprint density at radius 2 is 1.94 bits per heavy atom. The maximum Gasteiger partial charge on any atom is 0.338 e. The van der Waals surface area contributed by atoms with Crippen LogP contribution in [0.15, 0.2) is 67.1 Å². The molecule has 0 bridgehead atoms. The molecule has 0 aliphatic carbocycles. The molecule has 1 fully saturated rings. The Hall–Kier alpha value is -3.64. The Morgan fingerprint density at radius 3 is 2.71 bits per heavy atom. The molecule has 1 saturated heterocycles. The molecule has 2 atom stereocenters. The molecule has 180 valence electrons. The lowest BCUT2D eigenvalue weighted by molar-refractivity contribution is 0.0603.